The number of unbranched alkanes of at least 4 members (excludes halogenated alkanes) is 1. The van der Waals surface area contributed by atoms with Crippen molar-refractivity contribution < 1.29 is 4.74 Å². The largest absolute Gasteiger partial charge is 0.385 e. The Morgan fingerprint density at radius 3 is 2.56 bits per heavy atom. The fourth-order valence-corrected chi connectivity index (χ4v) is 1.88. The second-order valence-corrected chi connectivity index (χ2v) is 4.60. The number of nitrogens with one attached hydrogen (secondary N) is 1. The summed E-state index contributed by atoms with van der Waals surface area (Å²) in [7, 11) is 1.75. The Balaban J connectivity index is 2.12. The van der Waals surface area contributed by atoms with Crippen LogP contribution in [0.3, 0.4) is 0 Å². The number of hydrogen-bond donors (Lipinski definition) is 1. The molecule has 0 fully saturated rings. The van der Waals surface area contributed by atoms with E-state index in [0.717, 1.165) is 26.1 Å². The molecular weight excluding hydrogens is 218 g/mol. The molecule has 0 aliphatic rings. The highest BCUT2D eigenvalue weighted by Crippen LogP contribution is 2.14. The fraction of sp³-hybridized carbons (Fsp3) is 0.538. The van der Waals surface area contributed by atoms with Crippen LogP contribution < -0.4 is 5.32 Å². The van der Waals surface area contributed by atoms with Crippen molar-refractivity contribution in [3.63, 3.8) is 0 Å². The minimum absolute atomic E-state index is 0.865. The van der Waals surface area contributed by atoms with Crippen LogP contribution in [-0.4, -0.2) is 26.5 Å². The van der Waals surface area contributed by atoms with Crippen LogP contribution in [0.25, 0.3) is 0 Å². The quantitative estimate of drug-likeness (QED) is 0.557. The molecule has 90 valence electrons. The highest BCUT2D eigenvalue weighted by molar-refractivity contribution is 7.98. The zero-order valence-electron chi connectivity index (χ0n) is 10.2. The lowest BCUT2D eigenvalue weighted by atomic mass is 10.2. The zero-order chi connectivity index (χ0) is 11.6. The van der Waals surface area contributed by atoms with Gasteiger partial charge in [0.1, 0.15) is 0 Å². The lowest BCUT2D eigenvalue weighted by molar-refractivity contribution is 0.192. The molecule has 3 heteroatoms. The first-order valence-electron chi connectivity index (χ1n) is 5.69. The van der Waals surface area contributed by atoms with Crippen LogP contribution in [-0.2, 0) is 11.3 Å². The molecule has 0 aliphatic heterocycles. The van der Waals surface area contributed by atoms with Crippen LogP contribution in [0, 0.1) is 0 Å². The summed E-state index contributed by atoms with van der Waals surface area (Å²) in [5.41, 5.74) is 1.35. The zero-order valence-corrected chi connectivity index (χ0v) is 11.0. The number of rotatable bonds is 8. The molecule has 0 bridgehead atoms. The van der Waals surface area contributed by atoms with Gasteiger partial charge in [-0.3, -0.25) is 0 Å². The van der Waals surface area contributed by atoms with Crippen molar-refractivity contribution in [2.75, 3.05) is 26.5 Å². The SMILES string of the molecule is COCCCCNCc1ccc(SC)cc1. The normalized spacial score (nSPS) is 10.6. The van der Waals surface area contributed by atoms with Crippen LogP contribution in [0.2, 0.25) is 0 Å². The molecule has 0 radical (unpaired) electrons. The van der Waals surface area contributed by atoms with Crippen molar-refractivity contribution in [2.24, 2.45) is 0 Å². The Bertz CT molecular complexity index is 274. The van der Waals surface area contributed by atoms with Gasteiger partial charge in [-0.05, 0) is 43.3 Å². The molecule has 0 unspecified atom stereocenters. The van der Waals surface area contributed by atoms with Gasteiger partial charge >= 0.3 is 0 Å². The topological polar surface area (TPSA) is 21.3 Å². The van der Waals surface area contributed by atoms with E-state index in [-0.39, 0.29) is 0 Å². The van der Waals surface area contributed by atoms with Crippen LogP contribution in [0.4, 0.5) is 0 Å². The lowest BCUT2D eigenvalue weighted by Crippen LogP contribution is -2.15. The summed E-state index contributed by atoms with van der Waals surface area (Å²) in [4.78, 5) is 1.32. The molecule has 1 aromatic carbocycles. The van der Waals surface area contributed by atoms with E-state index < -0.39 is 0 Å². The average molecular weight is 239 g/mol. The highest BCUT2D eigenvalue weighted by Gasteiger charge is 1.93. The molecular formula is C13H21NOS. The van der Waals surface area contributed by atoms with E-state index in [2.05, 4.69) is 35.8 Å². The minimum atomic E-state index is 0.865. The molecule has 0 aliphatic carbocycles. The minimum Gasteiger partial charge on any atom is -0.385 e. The third-order valence-corrected chi connectivity index (χ3v) is 3.18. The molecule has 0 spiro atoms. The Labute approximate surface area is 103 Å². The number of benzene rings is 1. The second-order valence-electron chi connectivity index (χ2n) is 3.72. The Kier molecular flexibility index (Phi) is 7.30. The summed E-state index contributed by atoms with van der Waals surface area (Å²) in [5.74, 6) is 0. The molecule has 1 N–H and O–H groups in total. The van der Waals surface area contributed by atoms with E-state index in [1.54, 1.807) is 18.9 Å². The van der Waals surface area contributed by atoms with Crippen LogP contribution in [0.1, 0.15) is 18.4 Å². The molecule has 0 aromatic heterocycles. The number of thioether (sulfide) groups is 1. The van der Waals surface area contributed by atoms with Gasteiger partial charge in [0.15, 0.2) is 0 Å². The summed E-state index contributed by atoms with van der Waals surface area (Å²) < 4.78 is 5.00. The van der Waals surface area contributed by atoms with Gasteiger partial charge in [-0.25, -0.2) is 0 Å². The van der Waals surface area contributed by atoms with E-state index >= 15 is 0 Å². The first-order valence-corrected chi connectivity index (χ1v) is 6.92. The molecule has 0 saturated carbocycles. The summed E-state index contributed by atoms with van der Waals surface area (Å²) in [5, 5.41) is 3.44. The monoisotopic (exact) mass is 239 g/mol. The Hall–Kier alpha value is -0.510. The van der Waals surface area contributed by atoms with Crippen LogP contribution in [0.5, 0.6) is 0 Å². The maximum Gasteiger partial charge on any atom is 0.0462 e. The average Bonchev–Trinajstić information content (AvgIpc) is 2.34. The van der Waals surface area contributed by atoms with Crippen molar-refractivity contribution >= 4 is 11.8 Å². The van der Waals surface area contributed by atoms with Crippen molar-refractivity contribution in [1.82, 2.24) is 5.32 Å². The molecule has 0 atom stereocenters. The van der Waals surface area contributed by atoms with E-state index in [0.29, 0.717) is 0 Å². The predicted octanol–water partition coefficient (Wildman–Crippen LogP) is 2.92. The van der Waals surface area contributed by atoms with E-state index in [4.69, 9.17) is 4.74 Å². The molecule has 16 heavy (non-hydrogen) atoms. The van der Waals surface area contributed by atoms with Crippen LogP contribution >= 0.6 is 11.8 Å². The summed E-state index contributed by atoms with van der Waals surface area (Å²) in [6.07, 6.45) is 4.41. The van der Waals surface area contributed by atoms with Gasteiger partial charge in [0.2, 0.25) is 0 Å². The Morgan fingerprint density at radius 2 is 1.94 bits per heavy atom. The van der Waals surface area contributed by atoms with Gasteiger partial charge in [0.25, 0.3) is 0 Å². The summed E-state index contributed by atoms with van der Waals surface area (Å²) in [6.45, 7) is 2.89. The van der Waals surface area contributed by atoms with Gasteiger partial charge in [0.05, 0.1) is 0 Å². The lowest BCUT2D eigenvalue weighted by Gasteiger charge is -2.05. The van der Waals surface area contributed by atoms with Crippen LogP contribution in [0.15, 0.2) is 29.2 Å². The third-order valence-electron chi connectivity index (χ3n) is 2.44. The maximum absolute atomic E-state index is 5.00. The molecule has 0 amide bonds. The highest BCUT2D eigenvalue weighted by atomic mass is 32.2. The van der Waals surface area contributed by atoms with Crippen molar-refractivity contribution in [1.29, 1.82) is 0 Å². The summed E-state index contributed by atoms with van der Waals surface area (Å²) in [6, 6.07) is 8.72. The van der Waals surface area contributed by atoms with Gasteiger partial charge in [-0.1, -0.05) is 12.1 Å². The van der Waals surface area contributed by atoms with Crippen molar-refractivity contribution in [2.45, 2.75) is 24.3 Å². The predicted molar refractivity (Wildman–Crippen MR) is 71.0 cm³/mol. The third kappa shape index (κ3) is 5.54. The standard InChI is InChI=1S/C13H21NOS/c1-15-10-4-3-9-14-11-12-5-7-13(16-2)8-6-12/h5-8,14H,3-4,9-11H2,1-2H3. The molecule has 2 nitrogen and oxygen atoms in total. The van der Waals surface area contributed by atoms with Gasteiger partial charge in [0, 0.05) is 25.2 Å². The number of methoxy groups -OCH3 is 1. The van der Waals surface area contributed by atoms with Gasteiger partial charge in [-0.15, -0.1) is 11.8 Å². The first kappa shape index (κ1) is 13.6. The van der Waals surface area contributed by atoms with Crippen molar-refractivity contribution in [3.05, 3.63) is 29.8 Å². The molecule has 1 aromatic rings. The van der Waals surface area contributed by atoms with Gasteiger partial charge < -0.3 is 10.1 Å². The van der Waals surface area contributed by atoms with E-state index in [9.17, 15) is 0 Å². The molecule has 0 saturated heterocycles. The smallest absolute Gasteiger partial charge is 0.0462 e. The van der Waals surface area contributed by atoms with E-state index in [1.807, 2.05) is 0 Å². The fourth-order valence-electron chi connectivity index (χ4n) is 1.47. The molecule has 0 heterocycles. The second kappa shape index (κ2) is 8.62. The molecule has 1 rings (SSSR count). The Morgan fingerprint density at radius 1 is 1.19 bits per heavy atom. The summed E-state index contributed by atoms with van der Waals surface area (Å²) >= 11 is 1.78. The van der Waals surface area contributed by atoms with E-state index in [1.165, 1.54) is 16.9 Å². The number of hydrogen-bond acceptors (Lipinski definition) is 3. The van der Waals surface area contributed by atoms with Gasteiger partial charge in [-0.2, -0.15) is 0 Å². The maximum atomic E-state index is 5.00. The first-order chi connectivity index (χ1) is 7.86. The number of ether oxygens (including phenoxy) is 1. The van der Waals surface area contributed by atoms with Crippen molar-refractivity contribution in [3.8, 4) is 0 Å².